The predicted molar refractivity (Wildman–Crippen MR) is 136 cm³/mol. The Morgan fingerprint density at radius 1 is 1.30 bits per heavy atom. The number of carbonyl (C=O) groups is 1. The zero-order valence-corrected chi connectivity index (χ0v) is 23.1. The summed E-state index contributed by atoms with van der Waals surface area (Å²) in [4.78, 5) is 12.7. The molecule has 2 aliphatic heterocycles. The van der Waals surface area contributed by atoms with Crippen LogP contribution in [0.3, 0.4) is 0 Å². The summed E-state index contributed by atoms with van der Waals surface area (Å²) in [7, 11) is 1.63. The Morgan fingerprint density at radius 2 is 1.97 bits per heavy atom. The largest absolute Gasteiger partial charge is 0.494 e. The molecule has 0 aromatic heterocycles. The molecule has 11 nitrogen and oxygen atoms in total. The highest BCUT2D eigenvalue weighted by atomic mass is 16.7. The van der Waals surface area contributed by atoms with E-state index in [9.17, 15) is 20.1 Å². The molecule has 0 bridgehead atoms. The average molecular weight is 530 g/mol. The lowest BCUT2D eigenvalue weighted by atomic mass is 9.71. The van der Waals surface area contributed by atoms with Crippen LogP contribution in [-0.2, 0) is 18.9 Å². The molecular weight excluding hydrogens is 482 g/mol. The molecule has 3 rings (SSSR count). The van der Waals surface area contributed by atoms with Crippen LogP contribution in [0.2, 0.25) is 0 Å². The summed E-state index contributed by atoms with van der Waals surface area (Å²) < 4.78 is 23.6. The lowest BCUT2D eigenvalue weighted by Gasteiger charge is -2.50. The third-order valence-electron chi connectivity index (χ3n) is 7.57. The maximum atomic E-state index is 12.7. The number of hydrogen-bond acceptors (Lipinski definition) is 10. The molecule has 37 heavy (non-hydrogen) atoms. The first kappa shape index (κ1) is 30.1. The molecule has 0 aromatic rings. The second kappa shape index (κ2) is 11.7. The fourth-order valence-corrected chi connectivity index (χ4v) is 5.71. The minimum absolute atomic E-state index is 0.0631. The SMILES string of the molecule is CCC1=CCC(C)C(C2C(NC(=O)OC(C)(C)C)CC(N)C(OC3OCC(C)(O)C(NC)C3O)C2O)O1. The van der Waals surface area contributed by atoms with Crippen molar-refractivity contribution in [3.8, 4) is 0 Å². The number of nitrogens with one attached hydrogen (secondary N) is 2. The van der Waals surface area contributed by atoms with Crippen LogP contribution in [0.25, 0.3) is 0 Å². The number of hydrogen-bond donors (Lipinski definition) is 6. The summed E-state index contributed by atoms with van der Waals surface area (Å²) in [5.74, 6) is 0.337. The second-order valence-electron chi connectivity index (χ2n) is 11.9. The maximum absolute atomic E-state index is 12.7. The summed E-state index contributed by atoms with van der Waals surface area (Å²) in [6.45, 7) is 10.9. The van der Waals surface area contributed by atoms with E-state index in [4.69, 9.17) is 24.7 Å². The van der Waals surface area contributed by atoms with E-state index in [0.717, 1.165) is 12.2 Å². The molecule has 7 N–H and O–H groups in total. The molecule has 11 heteroatoms. The van der Waals surface area contributed by atoms with Gasteiger partial charge in [0.05, 0.1) is 24.5 Å². The van der Waals surface area contributed by atoms with Gasteiger partial charge < -0.3 is 50.6 Å². The Bertz CT molecular complexity index is 816. The van der Waals surface area contributed by atoms with Crippen molar-refractivity contribution in [1.82, 2.24) is 10.6 Å². The molecular formula is C26H47N3O8. The van der Waals surface area contributed by atoms with Crippen molar-refractivity contribution < 1.29 is 39.1 Å². The van der Waals surface area contributed by atoms with Crippen LogP contribution >= 0.6 is 0 Å². The number of nitrogens with two attached hydrogens (primary N) is 1. The first-order valence-electron chi connectivity index (χ1n) is 13.3. The molecule has 2 heterocycles. The van der Waals surface area contributed by atoms with Gasteiger partial charge in [-0.05, 0) is 59.6 Å². The van der Waals surface area contributed by atoms with Gasteiger partial charge in [0, 0.05) is 24.4 Å². The first-order valence-corrected chi connectivity index (χ1v) is 13.3. The number of rotatable bonds is 6. The summed E-state index contributed by atoms with van der Waals surface area (Å²) in [6, 6.07) is -1.93. The number of likely N-dealkylation sites (N-methyl/N-ethyl adjacent to an activating group) is 1. The molecule has 1 saturated heterocycles. The fourth-order valence-electron chi connectivity index (χ4n) is 5.71. The molecule has 1 saturated carbocycles. The van der Waals surface area contributed by atoms with Gasteiger partial charge in [0.1, 0.15) is 29.5 Å². The highest BCUT2D eigenvalue weighted by Gasteiger charge is 2.53. The van der Waals surface area contributed by atoms with E-state index < -0.39 is 72.0 Å². The third-order valence-corrected chi connectivity index (χ3v) is 7.57. The van der Waals surface area contributed by atoms with E-state index >= 15 is 0 Å². The van der Waals surface area contributed by atoms with Gasteiger partial charge in [-0.2, -0.15) is 0 Å². The van der Waals surface area contributed by atoms with Crippen molar-refractivity contribution in [2.75, 3.05) is 13.7 Å². The quantitative estimate of drug-likeness (QED) is 0.289. The number of aliphatic hydroxyl groups excluding tert-OH is 2. The monoisotopic (exact) mass is 529 g/mol. The van der Waals surface area contributed by atoms with Crippen molar-refractivity contribution in [3.63, 3.8) is 0 Å². The summed E-state index contributed by atoms with van der Waals surface area (Å²) in [5, 5.41) is 39.0. The molecule has 214 valence electrons. The minimum Gasteiger partial charge on any atom is -0.494 e. The summed E-state index contributed by atoms with van der Waals surface area (Å²) in [5.41, 5.74) is 4.50. The van der Waals surface area contributed by atoms with Crippen LogP contribution in [0.1, 0.15) is 60.8 Å². The highest BCUT2D eigenvalue weighted by Crippen LogP contribution is 2.39. The standard InChI is InChI=1S/C26H47N3O8/c1-8-14-10-9-13(2)20(35-14)17-16(29-24(32)37-25(3,4)5)11-15(27)21(18(17)30)36-23-19(31)22(28-7)26(6,33)12-34-23/h10,13,15-23,28,30-31,33H,8-9,11-12,27H2,1-7H3,(H,29,32). The number of allylic oxidation sites excluding steroid dienone is 2. The smallest absolute Gasteiger partial charge is 0.407 e. The van der Waals surface area contributed by atoms with Crippen molar-refractivity contribution in [1.29, 1.82) is 0 Å². The molecule has 0 radical (unpaired) electrons. The Labute approximate surface area is 220 Å². The minimum atomic E-state index is -1.31. The topological polar surface area (TPSA) is 165 Å². The molecule has 3 aliphatic rings. The van der Waals surface area contributed by atoms with Gasteiger partial charge in [0.2, 0.25) is 0 Å². The van der Waals surface area contributed by atoms with E-state index in [2.05, 4.69) is 16.7 Å². The summed E-state index contributed by atoms with van der Waals surface area (Å²) >= 11 is 0. The lowest BCUT2D eigenvalue weighted by molar-refractivity contribution is -0.297. The number of amides is 1. The molecule has 2 fully saturated rings. The Kier molecular flexibility index (Phi) is 9.53. The van der Waals surface area contributed by atoms with Gasteiger partial charge in [0.25, 0.3) is 0 Å². The average Bonchev–Trinajstić information content (AvgIpc) is 2.77. The van der Waals surface area contributed by atoms with Crippen molar-refractivity contribution >= 4 is 6.09 Å². The molecule has 0 spiro atoms. The van der Waals surface area contributed by atoms with E-state index in [1.807, 2.05) is 13.8 Å². The van der Waals surface area contributed by atoms with Crippen molar-refractivity contribution in [3.05, 3.63) is 11.8 Å². The van der Waals surface area contributed by atoms with Crippen LogP contribution in [0.4, 0.5) is 4.79 Å². The van der Waals surface area contributed by atoms with E-state index in [1.165, 1.54) is 0 Å². The lowest BCUT2D eigenvalue weighted by Crippen LogP contribution is -2.68. The normalized spacial score (nSPS) is 42.9. The number of alkyl carbamates (subject to hydrolysis) is 1. The Hall–Kier alpha value is -1.47. The maximum Gasteiger partial charge on any atom is 0.407 e. The van der Waals surface area contributed by atoms with Crippen LogP contribution in [0.15, 0.2) is 11.8 Å². The van der Waals surface area contributed by atoms with Gasteiger partial charge in [-0.15, -0.1) is 0 Å². The van der Waals surface area contributed by atoms with Crippen LogP contribution < -0.4 is 16.4 Å². The van der Waals surface area contributed by atoms with Gasteiger partial charge in [-0.1, -0.05) is 13.8 Å². The molecule has 11 atom stereocenters. The van der Waals surface area contributed by atoms with Crippen LogP contribution in [-0.4, -0.2) is 95.1 Å². The van der Waals surface area contributed by atoms with Gasteiger partial charge >= 0.3 is 6.09 Å². The highest BCUT2D eigenvalue weighted by molar-refractivity contribution is 5.68. The van der Waals surface area contributed by atoms with Gasteiger partial charge in [-0.25, -0.2) is 4.79 Å². The molecule has 1 amide bonds. The zero-order valence-electron chi connectivity index (χ0n) is 23.1. The Morgan fingerprint density at radius 3 is 2.57 bits per heavy atom. The summed E-state index contributed by atoms with van der Waals surface area (Å²) in [6.07, 6.45) is -1.54. The first-order chi connectivity index (χ1) is 17.2. The van der Waals surface area contributed by atoms with E-state index in [0.29, 0.717) is 12.8 Å². The molecule has 1 aliphatic carbocycles. The molecule has 11 unspecified atom stereocenters. The number of carbonyl (C=O) groups excluding carboxylic acids is 1. The predicted octanol–water partition coefficient (Wildman–Crippen LogP) is 0.748. The van der Waals surface area contributed by atoms with E-state index in [-0.39, 0.29) is 12.5 Å². The van der Waals surface area contributed by atoms with Crippen molar-refractivity contribution in [2.24, 2.45) is 17.6 Å². The van der Waals surface area contributed by atoms with Crippen LogP contribution in [0, 0.1) is 11.8 Å². The zero-order chi connectivity index (χ0) is 27.7. The second-order valence-corrected chi connectivity index (χ2v) is 11.9. The molecule has 0 aromatic carbocycles. The van der Waals surface area contributed by atoms with Gasteiger partial charge in [-0.3, -0.25) is 0 Å². The fraction of sp³-hybridized carbons (Fsp3) is 0.885. The number of aliphatic hydroxyl groups is 3. The van der Waals surface area contributed by atoms with Crippen molar-refractivity contribution in [2.45, 2.75) is 121 Å². The number of ether oxygens (including phenoxy) is 4. The van der Waals surface area contributed by atoms with E-state index in [1.54, 1.807) is 34.7 Å². The third kappa shape index (κ3) is 6.95. The van der Waals surface area contributed by atoms with Gasteiger partial charge in [0.15, 0.2) is 6.29 Å². The van der Waals surface area contributed by atoms with Crippen LogP contribution in [0.5, 0.6) is 0 Å². The Balaban J connectivity index is 1.85.